The Morgan fingerprint density at radius 2 is 1.89 bits per heavy atom. The van der Waals surface area contributed by atoms with Crippen molar-refractivity contribution in [3.63, 3.8) is 0 Å². The van der Waals surface area contributed by atoms with Gasteiger partial charge in [-0.15, -0.1) is 10.2 Å². The first-order valence-corrected chi connectivity index (χ1v) is 11.9. The number of aryl methyl sites for hydroxylation is 1. The number of amides is 1. The Bertz CT molecular complexity index is 1210. The number of benzene rings is 1. The smallest absolute Gasteiger partial charge is 0.337 e. The van der Waals surface area contributed by atoms with Crippen LogP contribution in [0.15, 0.2) is 30.5 Å². The molecule has 1 aliphatic rings. The van der Waals surface area contributed by atoms with E-state index in [0.29, 0.717) is 10.8 Å². The topological polar surface area (TPSA) is 139 Å². The molecule has 2 aromatic heterocycles. The SMILES string of the molecule is COC(C(=O)Nc1nnc(NC2CCC(c3cc(C(=O)O)cnn3)CC2)s1)c1cc(C)ccc1F. The zero-order valence-electron chi connectivity index (χ0n) is 19.2. The first-order valence-electron chi connectivity index (χ1n) is 11.1. The lowest BCUT2D eigenvalue weighted by atomic mass is 9.84. The Morgan fingerprint density at radius 1 is 1.14 bits per heavy atom. The number of nitrogens with zero attached hydrogens (tertiary/aromatic N) is 4. The highest BCUT2D eigenvalue weighted by molar-refractivity contribution is 7.19. The number of hydrogen-bond acceptors (Lipinski definition) is 9. The normalized spacial score (nSPS) is 18.6. The monoisotopic (exact) mass is 500 g/mol. The summed E-state index contributed by atoms with van der Waals surface area (Å²) >= 11 is 1.19. The summed E-state index contributed by atoms with van der Waals surface area (Å²) in [4.78, 5) is 23.9. The number of nitrogens with one attached hydrogen (secondary N) is 2. The average Bonchev–Trinajstić information content (AvgIpc) is 3.28. The quantitative estimate of drug-likeness (QED) is 0.420. The minimum absolute atomic E-state index is 0.138. The van der Waals surface area contributed by atoms with Gasteiger partial charge in [-0.1, -0.05) is 29.0 Å². The van der Waals surface area contributed by atoms with Crippen LogP contribution in [0, 0.1) is 12.7 Å². The van der Waals surface area contributed by atoms with Crippen molar-refractivity contribution >= 4 is 33.5 Å². The van der Waals surface area contributed by atoms with Crippen molar-refractivity contribution in [3.05, 3.63) is 58.7 Å². The summed E-state index contributed by atoms with van der Waals surface area (Å²) in [6, 6.07) is 6.26. The Hall–Kier alpha value is -3.51. The molecule has 1 atom stereocenters. The highest BCUT2D eigenvalue weighted by Crippen LogP contribution is 2.34. The summed E-state index contributed by atoms with van der Waals surface area (Å²) in [5.41, 5.74) is 1.81. The van der Waals surface area contributed by atoms with E-state index in [4.69, 9.17) is 9.84 Å². The number of hydrogen-bond donors (Lipinski definition) is 3. The van der Waals surface area contributed by atoms with Gasteiger partial charge in [-0.05, 0) is 44.7 Å². The molecular formula is C23H25FN6O4S. The summed E-state index contributed by atoms with van der Waals surface area (Å²) in [7, 11) is 1.35. The summed E-state index contributed by atoms with van der Waals surface area (Å²) < 4.78 is 19.5. The van der Waals surface area contributed by atoms with E-state index in [9.17, 15) is 14.0 Å². The van der Waals surface area contributed by atoms with Gasteiger partial charge >= 0.3 is 5.97 Å². The predicted octanol–water partition coefficient (Wildman–Crippen LogP) is 3.94. The van der Waals surface area contributed by atoms with E-state index >= 15 is 0 Å². The first kappa shape index (κ1) is 24.6. The fraction of sp³-hybridized carbons (Fsp3) is 0.391. The summed E-state index contributed by atoms with van der Waals surface area (Å²) in [5.74, 6) is -1.92. The second-order valence-electron chi connectivity index (χ2n) is 8.41. The largest absolute Gasteiger partial charge is 0.478 e. The lowest BCUT2D eigenvalue weighted by Gasteiger charge is -2.28. The molecule has 0 bridgehead atoms. The van der Waals surface area contributed by atoms with Crippen molar-refractivity contribution in [2.45, 2.75) is 50.7 Å². The van der Waals surface area contributed by atoms with Gasteiger partial charge in [-0.3, -0.25) is 10.1 Å². The fourth-order valence-corrected chi connectivity index (χ4v) is 4.87. The standard InChI is InChI=1S/C23H25FN6O4S/c1-12-3-8-17(24)16(9-12)19(34-2)20(31)27-23-30-29-22(35-23)26-15-6-4-13(5-7-15)18-10-14(21(32)33)11-25-28-18/h3,8-11,13,15,19H,4-7H2,1-2H3,(H,26,29)(H,32,33)(H,27,30,31). The van der Waals surface area contributed by atoms with E-state index in [1.807, 2.05) is 6.92 Å². The first-order chi connectivity index (χ1) is 16.8. The van der Waals surface area contributed by atoms with E-state index < -0.39 is 23.8 Å². The van der Waals surface area contributed by atoms with Crippen LogP contribution in [0.4, 0.5) is 14.7 Å². The molecule has 1 fully saturated rings. The minimum Gasteiger partial charge on any atom is -0.478 e. The molecule has 1 aliphatic carbocycles. The number of carbonyl (C=O) groups is 2. The van der Waals surface area contributed by atoms with Crippen LogP contribution in [0.3, 0.4) is 0 Å². The van der Waals surface area contributed by atoms with E-state index in [2.05, 4.69) is 31.0 Å². The van der Waals surface area contributed by atoms with Gasteiger partial charge in [0, 0.05) is 24.6 Å². The van der Waals surface area contributed by atoms with Gasteiger partial charge in [-0.25, -0.2) is 9.18 Å². The number of aromatic nitrogens is 4. The highest BCUT2D eigenvalue weighted by atomic mass is 32.1. The van der Waals surface area contributed by atoms with Crippen molar-refractivity contribution in [2.75, 3.05) is 17.7 Å². The number of anilines is 2. The van der Waals surface area contributed by atoms with Gasteiger partial charge in [0.05, 0.1) is 17.5 Å². The van der Waals surface area contributed by atoms with Crippen molar-refractivity contribution in [3.8, 4) is 0 Å². The molecule has 0 spiro atoms. The van der Waals surface area contributed by atoms with Crippen molar-refractivity contribution in [2.24, 2.45) is 0 Å². The van der Waals surface area contributed by atoms with E-state index in [1.54, 1.807) is 18.2 Å². The van der Waals surface area contributed by atoms with E-state index in [1.165, 1.54) is 30.7 Å². The maximum atomic E-state index is 14.2. The highest BCUT2D eigenvalue weighted by Gasteiger charge is 2.27. The van der Waals surface area contributed by atoms with Crippen LogP contribution in [0.25, 0.3) is 0 Å². The molecule has 2 heterocycles. The summed E-state index contributed by atoms with van der Waals surface area (Å²) in [6.45, 7) is 1.81. The second kappa shape index (κ2) is 10.8. The van der Waals surface area contributed by atoms with Crippen LogP contribution in [0.2, 0.25) is 0 Å². The number of ether oxygens (including phenoxy) is 1. The number of methoxy groups -OCH3 is 1. The van der Waals surface area contributed by atoms with Gasteiger partial charge in [0.15, 0.2) is 6.10 Å². The molecule has 1 aromatic carbocycles. The Morgan fingerprint density at radius 3 is 2.60 bits per heavy atom. The van der Waals surface area contributed by atoms with Crippen LogP contribution < -0.4 is 10.6 Å². The molecule has 3 aromatic rings. The Labute approximate surface area is 205 Å². The number of carbonyl (C=O) groups excluding carboxylic acids is 1. The van der Waals surface area contributed by atoms with Gasteiger partial charge in [0.25, 0.3) is 5.91 Å². The van der Waals surface area contributed by atoms with Crippen LogP contribution in [-0.4, -0.2) is 50.5 Å². The third-order valence-electron chi connectivity index (χ3n) is 5.96. The third-order valence-corrected chi connectivity index (χ3v) is 6.73. The number of rotatable bonds is 8. The number of halogens is 1. The Kier molecular flexibility index (Phi) is 7.61. The third kappa shape index (κ3) is 5.95. The van der Waals surface area contributed by atoms with Crippen LogP contribution >= 0.6 is 11.3 Å². The number of aromatic carboxylic acids is 1. The molecule has 10 nitrogen and oxygen atoms in total. The molecule has 1 saturated carbocycles. The zero-order chi connectivity index (χ0) is 24.9. The molecule has 184 valence electrons. The maximum absolute atomic E-state index is 14.2. The number of carboxylic acid groups (broad SMARTS) is 1. The van der Waals surface area contributed by atoms with Gasteiger partial charge in [0.1, 0.15) is 5.82 Å². The summed E-state index contributed by atoms with van der Waals surface area (Å²) in [5, 5.41) is 32.0. The van der Waals surface area contributed by atoms with Crippen molar-refractivity contribution in [1.82, 2.24) is 20.4 Å². The zero-order valence-corrected chi connectivity index (χ0v) is 20.0. The molecule has 4 rings (SSSR count). The average molecular weight is 501 g/mol. The molecule has 1 unspecified atom stereocenters. The molecule has 1 amide bonds. The van der Waals surface area contributed by atoms with Crippen LogP contribution in [-0.2, 0) is 9.53 Å². The van der Waals surface area contributed by atoms with Crippen molar-refractivity contribution in [1.29, 1.82) is 0 Å². The van der Waals surface area contributed by atoms with Crippen LogP contribution in [0.1, 0.15) is 64.9 Å². The van der Waals surface area contributed by atoms with Crippen LogP contribution in [0.5, 0.6) is 0 Å². The minimum atomic E-state index is -1.12. The fourth-order valence-electron chi connectivity index (χ4n) is 4.15. The summed E-state index contributed by atoms with van der Waals surface area (Å²) in [6.07, 6.45) is 3.46. The molecule has 0 radical (unpaired) electrons. The van der Waals surface area contributed by atoms with Gasteiger partial charge in [-0.2, -0.15) is 10.2 Å². The van der Waals surface area contributed by atoms with Crippen molar-refractivity contribution < 1.29 is 23.8 Å². The lowest BCUT2D eigenvalue weighted by molar-refractivity contribution is -0.126. The van der Waals surface area contributed by atoms with E-state index in [0.717, 1.165) is 31.2 Å². The molecular weight excluding hydrogens is 475 g/mol. The number of carboxylic acids is 1. The maximum Gasteiger partial charge on any atom is 0.337 e. The molecule has 35 heavy (non-hydrogen) atoms. The van der Waals surface area contributed by atoms with Gasteiger partial charge < -0.3 is 15.2 Å². The lowest BCUT2D eigenvalue weighted by Crippen LogP contribution is -2.25. The second-order valence-corrected chi connectivity index (χ2v) is 9.39. The molecule has 0 saturated heterocycles. The van der Waals surface area contributed by atoms with Gasteiger partial charge in [0.2, 0.25) is 10.3 Å². The molecule has 0 aliphatic heterocycles. The molecule has 12 heteroatoms. The predicted molar refractivity (Wildman–Crippen MR) is 127 cm³/mol. The molecule has 3 N–H and O–H groups in total. The Balaban J connectivity index is 1.32. The van der Waals surface area contributed by atoms with E-state index in [-0.39, 0.29) is 28.2 Å².